The highest BCUT2D eigenvalue weighted by molar-refractivity contribution is 6.30. The number of hydrogen-bond donors (Lipinski definition) is 3. The van der Waals surface area contributed by atoms with Gasteiger partial charge in [0.15, 0.2) is 0 Å². The van der Waals surface area contributed by atoms with Crippen molar-refractivity contribution in [2.24, 2.45) is 5.92 Å². The lowest BCUT2D eigenvalue weighted by atomic mass is 10.1. The predicted octanol–water partition coefficient (Wildman–Crippen LogP) is 3.89. The van der Waals surface area contributed by atoms with E-state index in [1.165, 1.54) is 21.9 Å². The SMILES string of the molecule is C[C@@H]1C[C@H](C(=O)Nc2ccc(N3CCNC3=O)cc2F)N(C(=O)Nc2ccc(Cl)cc2)C1. The van der Waals surface area contributed by atoms with E-state index < -0.39 is 23.8 Å². The number of nitrogens with zero attached hydrogens (tertiary/aromatic N) is 2. The van der Waals surface area contributed by atoms with Crippen molar-refractivity contribution in [2.45, 2.75) is 19.4 Å². The number of anilines is 3. The number of likely N-dealkylation sites (tertiary alicyclic amines) is 1. The molecule has 2 aliphatic heterocycles. The Labute approximate surface area is 189 Å². The molecule has 32 heavy (non-hydrogen) atoms. The largest absolute Gasteiger partial charge is 0.336 e. The number of nitrogens with one attached hydrogen (secondary N) is 3. The van der Waals surface area contributed by atoms with Gasteiger partial charge in [-0.2, -0.15) is 0 Å². The maximum absolute atomic E-state index is 14.7. The fourth-order valence-corrected chi connectivity index (χ4v) is 4.08. The average Bonchev–Trinajstić information content (AvgIpc) is 3.37. The summed E-state index contributed by atoms with van der Waals surface area (Å²) in [7, 11) is 0. The first kappa shape index (κ1) is 21.9. The van der Waals surface area contributed by atoms with Gasteiger partial charge in [0.25, 0.3) is 0 Å². The Hall–Kier alpha value is -3.33. The lowest BCUT2D eigenvalue weighted by Crippen LogP contribution is -2.45. The number of rotatable bonds is 4. The van der Waals surface area contributed by atoms with Gasteiger partial charge in [-0.3, -0.25) is 9.69 Å². The molecule has 2 saturated heterocycles. The van der Waals surface area contributed by atoms with Crippen LogP contribution in [0.25, 0.3) is 0 Å². The second-order valence-corrected chi connectivity index (χ2v) is 8.42. The quantitative estimate of drug-likeness (QED) is 0.647. The van der Waals surface area contributed by atoms with Crippen LogP contribution in [-0.4, -0.2) is 48.5 Å². The Morgan fingerprint density at radius 2 is 1.91 bits per heavy atom. The summed E-state index contributed by atoms with van der Waals surface area (Å²) in [5.41, 5.74) is 0.968. The van der Waals surface area contributed by atoms with Crippen LogP contribution >= 0.6 is 11.6 Å². The zero-order valence-electron chi connectivity index (χ0n) is 17.4. The summed E-state index contributed by atoms with van der Waals surface area (Å²) in [4.78, 5) is 40.4. The summed E-state index contributed by atoms with van der Waals surface area (Å²) in [6.45, 7) is 3.30. The molecule has 5 amide bonds. The number of amides is 5. The molecule has 8 nitrogen and oxygen atoms in total. The third-order valence-electron chi connectivity index (χ3n) is 5.55. The third-order valence-corrected chi connectivity index (χ3v) is 5.80. The topological polar surface area (TPSA) is 93.8 Å². The van der Waals surface area contributed by atoms with E-state index in [4.69, 9.17) is 11.6 Å². The molecule has 2 aromatic carbocycles. The Morgan fingerprint density at radius 1 is 1.16 bits per heavy atom. The number of benzene rings is 2. The van der Waals surface area contributed by atoms with E-state index in [1.54, 1.807) is 30.3 Å². The molecule has 0 radical (unpaired) electrons. The smallest absolute Gasteiger partial charge is 0.322 e. The first-order chi connectivity index (χ1) is 15.3. The zero-order chi connectivity index (χ0) is 22.8. The molecule has 0 unspecified atom stereocenters. The van der Waals surface area contributed by atoms with Gasteiger partial charge in [0, 0.05) is 36.0 Å². The molecule has 4 rings (SSSR count). The van der Waals surface area contributed by atoms with Crippen molar-refractivity contribution in [3.63, 3.8) is 0 Å². The normalized spacial score (nSPS) is 20.3. The van der Waals surface area contributed by atoms with Gasteiger partial charge in [0.05, 0.1) is 5.69 Å². The van der Waals surface area contributed by atoms with Crippen LogP contribution in [0.1, 0.15) is 13.3 Å². The monoisotopic (exact) mass is 459 g/mol. The van der Waals surface area contributed by atoms with Crippen LogP contribution in [0.4, 0.5) is 31.0 Å². The van der Waals surface area contributed by atoms with Crippen molar-refractivity contribution in [1.29, 1.82) is 0 Å². The Kier molecular flexibility index (Phi) is 6.18. The predicted molar refractivity (Wildman–Crippen MR) is 121 cm³/mol. The lowest BCUT2D eigenvalue weighted by Gasteiger charge is -2.24. The zero-order valence-corrected chi connectivity index (χ0v) is 18.2. The summed E-state index contributed by atoms with van der Waals surface area (Å²) in [6, 6.07) is 9.44. The van der Waals surface area contributed by atoms with Gasteiger partial charge in [-0.15, -0.1) is 0 Å². The molecule has 10 heteroatoms. The average molecular weight is 460 g/mol. The summed E-state index contributed by atoms with van der Waals surface area (Å²) < 4.78 is 14.7. The summed E-state index contributed by atoms with van der Waals surface area (Å²) in [6.07, 6.45) is 0.466. The molecule has 0 aliphatic carbocycles. The van der Waals surface area contributed by atoms with Crippen LogP contribution in [0.2, 0.25) is 5.02 Å². The van der Waals surface area contributed by atoms with E-state index >= 15 is 0 Å². The first-order valence-corrected chi connectivity index (χ1v) is 10.7. The van der Waals surface area contributed by atoms with E-state index in [0.29, 0.717) is 42.5 Å². The molecule has 2 aliphatic rings. The number of urea groups is 2. The number of halogens is 2. The molecule has 0 aromatic heterocycles. The van der Waals surface area contributed by atoms with Gasteiger partial charge in [-0.25, -0.2) is 14.0 Å². The highest BCUT2D eigenvalue weighted by atomic mass is 35.5. The fourth-order valence-electron chi connectivity index (χ4n) is 3.95. The maximum atomic E-state index is 14.7. The summed E-state index contributed by atoms with van der Waals surface area (Å²) in [5.74, 6) is -1.01. The number of hydrogen-bond acceptors (Lipinski definition) is 3. The highest BCUT2D eigenvalue weighted by Crippen LogP contribution is 2.27. The number of carbonyl (C=O) groups is 3. The fraction of sp³-hybridized carbons (Fsp3) is 0.318. The van der Waals surface area contributed by atoms with Gasteiger partial charge < -0.3 is 20.9 Å². The third kappa shape index (κ3) is 4.62. The van der Waals surface area contributed by atoms with Crippen LogP contribution < -0.4 is 20.9 Å². The molecule has 0 saturated carbocycles. The molecule has 3 N–H and O–H groups in total. The second kappa shape index (κ2) is 9.04. The van der Waals surface area contributed by atoms with E-state index in [1.807, 2.05) is 6.92 Å². The van der Waals surface area contributed by atoms with E-state index in [2.05, 4.69) is 16.0 Å². The minimum atomic E-state index is -0.735. The molecule has 0 spiro atoms. The van der Waals surface area contributed by atoms with Crippen molar-refractivity contribution in [2.75, 3.05) is 35.2 Å². The standard InChI is InChI=1S/C22H23ClFN5O3/c1-13-10-19(29(12-13)22(32)26-15-4-2-14(23)3-5-15)20(30)27-18-7-6-16(11-17(18)24)28-9-8-25-21(28)31/h2-7,11,13,19H,8-10,12H2,1H3,(H,25,31)(H,26,32)(H,27,30)/t13-,19-/m1/s1. The van der Waals surface area contributed by atoms with Gasteiger partial charge in [-0.05, 0) is 54.8 Å². The van der Waals surface area contributed by atoms with Gasteiger partial charge in [0.1, 0.15) is 11.9 Å². The molecule has 2 atom stereocenters. The lowest BCUT2D eigenvalue weighted by molar-refractivity contribution is -0.119. The molecule has 2 fully saturated rings. The van der Waals surface area contributed by atoms with Crippen molar-refractivity contribution in [3.05, 3.63) is 53.3 Å². The maximum Gasteiger partial charge on any atom is 0.322 e. The van der Waals surface area contributed by atoms with Gasteiger partial charge in [-0.1, -0.05) is 18.5 Å². The van der Waals surface area contributed by atoms with Crippen molar-refractivity contribution < 1.29 is 18.8 Å². The summed E-state index contributed by atoms with van der Waals surface area (Å²) >= 11 is 5.87. The Balaban J connectivity index is 1.44. The number of carbonyl (C=O) groups excluding carboxylic acids is 3. The van der Waals surface area contributed by atoms with Crippen molar-refractivity contribution in [3.8, 4) is 0 Å². The Morgan fingerprint density at radius 3 is 2.56 bits per heavy atom. The van der Waals surface area contributed by atoms with Gasteiger partial charge >= 0.3 is 12.1 Å². The van der Waals surface area contributed by atoms with E-state index in [0.717, 1.165) is 0 Å². The van der Waals surface area contributed by atoms with Crippen molar-refractivity contribution >= 4 is 46.6 Å². The molecule has 0 bridgehead atoms. The van der Waals surface area contributed by atoms with Crippen LogP contribution in [-0.2, 0) is 4.79 Å². The minimum Gasteiger partial charge on any atom is -0.336 e. The van der Waals surface area contributed by atoms with Crippen LogP contribution in [0.3, 0.4) is 0 Å². The van der Waals surface area contributed by atoms with Crippen molar-refractivity contribution in [1.82, 2.24) is 10.2 Å². The molecule has 2 heterocycles. The second-order valence-electron chi connectivity index (χ2n) is 7.98. The summed E-state index contributed by atoms with van der Waals surface area (Å²) in [5, 5.41) is 8.56. The Bertz CT molecular complexity index is 1050. The molecular formula is C22H23ClFN5O3. The van der Waals surface area contributed by atoms with Crippen LogP contribution in [0.5, 0.6) is 0 Å². The van der Waals surface area contributed by atoms with Crippen LogP contribution in [0, 0.1) is 11.7 Å². The van der Waals surface area contributed by atoms with Crippen LogP contribution in [0.15, 0.2) is 42.5 Å². The molecule has 2 aromatic rings. The van der Waals surface area contributed by atoms with Gasteiger partial charge in [0.2, 0.25) is 5.91 Å². The molecule has 168 valence electrons. The minimum absolute atomic E-state index is 0.00373. The first-order valence-electron chi connectivity index (χ1n) is 10.3. The molecular weight excluding hydrogens is 437 g/mol. The highest BCUT2D eigenvalue weighted by Gasteiger charge is 2.38. The van der Waals surface area contributed by atoms with E-state index in [9.17, 15) is 18.8 Å². The van der Waals surface area contributed by atoms with E-state index in [-0.39, 0.29) is 17.6 Å².